The van der Waals surface area contributed by atoms with E-state index in [9.17, 15) is 0 Å². The standard InChI is InChI=1S/C12H24S/c1-3-5-6-7-8-9-10-11-12-13-4-2/h11-12H,3-10H2,1-2H3/b12-11-. The Morgan fingerprint density at radius 1 is 0.923 bits per heavy atom. The predicted octanol–water partition coefficient (Wildman–Crippen LogP) is 5.00. The average Bonchev–Trinajstić information content (AvgIpc) is 2.16. The maximum absolute atomic E-state index is 2.31. The minimum absolute atomic E-state index is 1.20. The molecule has 0 aromatic carbocycles. The summed E-state index contributed by atoms with van der Waals surface area (Å²) in [5, 5.41) is 2.24. The zero-order chi connectivity index (χ0) is 9.78. The molecule has 0 bridgehead atoms. The molecule has 0 nitrogen and oxygen atoms in total. The predicted molar refractivity (Wildman–Crippen MR) is 65.3 cm³/mol. The Morgan fingerprint density at radius 2 is 1.62 bits per heavy atom. The van der Waals surface area contributed by atoms with Gasteiger partial charge in [-0.1, -0.05) is 52.0 Å². The molecular weight excluding hydrogens is 176 g/mol. The third kappa shape index (κ3) is 12.1. The molecule has 0 saturated carbocycles. The van der Waals surface area contributed by atoms with Gasteiger partial charge in [0.15, 0.2) is 0 Å². The summed E-state index contributed by atoms with van der Waals surface area (Å²) >= 11 is 1.90. The average molecular weight is 200 g/mol. The molecule has 1 heteroatoms. The molecule has 0 rings (SSSR count). The first kappa shape index (κ1) is 13.1. The van der Waals surface area contributed by atoms with Gasteiger partial charge < -0.3 is 0 Å². The number of allylic oxidation sites excluding steroid dienone is 1. The van der Waals surface area contributed by atoms with Crippen molar-refractivity contribution in [1.29, 1.82) is 0 Å². The highest BCUT2D eigenvalue weighted by Crippen LogP contribution is 2.08. The summed E-state index contributed by atoms with van der Waals surface area (Å²) in [7, 11) is 0. The number of unbranched alkanes of at least 4 members (excludes halogenated alkanes) is 6. The first-order valence-corrected chi connectivity index (χ1v) is 6.73. The number of thioether (sulfide) groups is 1. The van der Waals surface area contributed by atoms with Crippen molar-refractivity contribution >= 4 is 11.8 Å². The van der Waals surface area contributed by atoms with Crippen LogP contribution < -0.4 is 0 Å². The van der Waals surface area contributed by atoms with Crippen molar-refractivity contribution in [1.82, 2.24) is 0 Å². The van der Waals surface area contributed by atoms with Gasteiger partial charge in [0.2, 0.25) is 0 Å². The fraction of sp³-hybridized carbons (Fsp3) is 0.833. The van der Waals surface area contributed by atoms with Crippen molar-refractivity contribution in [2.45, 2.75) is 58.8 Å². The van der Waals surface area contributed by atoms with E-state index in [4.69, 9.17) is 0 Å². The molecule has 0 aromatic rings. The van der Waals surface area contributed by atoms with Crippen molar-refractivity contribution in [3.8, 4) is 0 Å². The van der Waals surface area contributed by atoms with Crippen LogP contribution in [0.15, 0.2) is 11.5 Å². The smallest absolute Gasteiger partial charge is 0.00546 e. The van der Waals surface area contributed by atoms with Crippen molar-refractivity contribution in [2.75, 3.05) is 5.75 Å². The zero-order valence-electron chi connectivity index (χ0n) is 9.22. The van der Waals surface area contributed by atoms with Crippen LogP contribution in [0.1, 0.15) is 58.8 Å². The Hall–Kier alpha value is 0.0900. The fourth-order valence-electron chi connectivity index (χ4n) is 1.27. The Kier molecular flexibility index (Phi) is 12.2. The van der Waals surface area contributed by atoms with Crippen molar-refractivity contribution in [2.24, 2.45) is 0 Å². The van der Waals surface area contributed by atoms with Crippen LogP contribution in [-0.4, -0.2) is 5.75 Å². The van der Waals surface area contributed by atoms with Gasteiger partial charge in [-0.3, -0.25) is 0 Å². The molecule has 0 saturated heterocycles. The lowest BCUT2D eigenvalue weighted by atomic mass is 10.1. The van der Waals surface area contributed by atoms with Crippen LogP contribution >= 0.6 is 11.8 Å². The Labute approximate surface area is 88.2 Å². The molecule has 0 spiro atoms. The van der Waals surface area contributed by atoms with E-state index in [0.717, 1.165) is 0 Å². The molecule has 0 N–H and O–H groups in total. The van der Waals surface area contributed by atoms with Gasteiger partial charge in [-0.25, -0.2) is 0 Å². The van der Waals surface area contributed by atoms with Gasteiger partial charge >= 0.3 is 0 Å². The van der Waals surface area contributed by atoms with Crippen LogP contribution in [-0.2, 0) is 0 Å². The first-order chi connectivity index (χ1) is 6.41. The molecule has 0 amide bonds. The molecular formula is C12H24S. The fourth-order valence-corrected chi connectivity index (χ4v) is 1.74. The van der Waals surface area contributed by atoms with Gasteiger partial charge in [-0.05, 0) is 24.0 Å². The van der Waals surface area contributed by atoms with Gasteiger partial charge in [0.1, 0.15) is 0 Å². The molecule has 0 aliphatic carbocycles. The molecule has 0 aliphatic rings. The van der Waals surface area contributed by atoms with Crippen LogP contribution in [0.25, 0.3) is 0 Å². The SMILES string of the molecule is CCCCCCCC/C=C\SCC. The van der Waals surface area contributed by atoms with Gasteiger partial charge in [-0.15, -0.1) is 11.8 Å². The summed E-state index contributed by atoms with van der Waals surface area (Å²) in [6.07, 6.45) is 12.0. The maximum atomic E-state index is 2.31. The minimum Gasteiger partial charge on any atom is -0.135 e. The molecule has 0 heterocycles. The van der Waals surface area contributed by atoms with E-state index < -0.39 is 0 Å². The Balaban J connectivity index is 2.91. The summed E-state index contributed by atoms with van der Waals surface area (Å²) in [6.45, 7) is 4.46. The zero-order valence-corrected chi connectivity index (χ0v) is 10.0. The van der Waals surface area contributed by atoms with E-state index in [1.54, 1.807) is 0 Å². The largest absolute Gasteiger partial charge is 0.135 e. The van der Waals surface area contributed by atoms with Crippen molar-refractivity contribution in [3.05, 3.63) is 11.5 Å². The summed E-state index contributed by atoms with van der Waals surface area (Å²) in [6, 6.07) is 0. The third-order valence-corrected chi connectivity index (χ3v) is 2.80. The second kappa shape index (κ2) is 12.1. The van der Waals surface area contributed by atoms with Crippen LogP contribution in [0.2, 0.25) is 0 Å². The van der Waals surface area contributed by atoms with E-state index in [2.05, 4.69) is 25.3 Å². The highest BCUT2D eigenvalue weighted by atomic mass is 32.2. The maximum Gasteiger partial charge on any atom is -0.00546 e. The molecule has 0 aromatic heterocycles. The van der Waals surface area contributed by atoms with E-state index in [1.807, 2.05) is 11.8 Å². The third-order valence-electron chi connectivity index (χ3n) is 2.08. The quantitative estimate of drug-likeness (QED) is 0.472. The molecule has 0 atom stereocenters. The summed E-state index contributed by atoms with van der Waals surface area (Å²) < 4.78 is 0. The Bertz CT molecular complexity index is 108. The van der Waals surface area contributed by atoms with Gasteiger partial charge in [0.05, 0.1) is 0 Å². The van der Waals surface area contributed by atoms with Crippen LogP contribution in [0.3, 0.4) is 0 Å². The highest BCUT2D eigenvalue weighted by Gasteiger charge is 1.87. The Morgan fingerprint density at radius 3 is 2.31 bits per heavy atom. The number of hydrogen-bond acceptors (Lipinski definition) is 1. The molecule has 0 unspecified atom stereocenters. The lowest BCUT2D eigenvalue weighted by Gasteiger charge is -1.97. The number of hydrogen-bond donors (Lipinski definition) is 0. The van der Waals surface area contributed by atoms with E-state index in [-0.39, 0.29) is 0 Å². The summed E-state index contributed by atoms with van der Waals surface area (Å²) in [5.41, 5.74) is 0. The van der Waals surface area contributed by atoms with Crippen LogP contribution in [0.5, 0.6) is 0 Å². The lowest BCUT2D eigenvalue weighted by molar-refractivity contribution is 0.611. The summed E-state index contributed by atoms with van der Waals surface area (Å²) in [5.74, 6) is 1.20. The normalized spacial score (nSPS) is 11.2. The topological polar surface area (TPSA) is 0 Å². The van der Waals surface area contributed by atoms with Crippen molar-refractivity contribution < 1.29 is 0 Å². The second-order valence-electron chi connectivity index (χ2n) is 3.38. The molecule has 0 aliphatic heterocycles. The molecule has 78 valence electrons. The monoisotopic (exact) mass is 200 g/mol. The minimum atomic E-state index is 1.20. The molecule has 0 radical (unpaired) electrons. The van der Waals surface area contributed by atoms with Crippen LogP contribution in [0, 0.1) is 0 Å². The number of rotatable bonds is 9. The van der Waals surface area contributed by atoms with Gasteiger partial charge in [0, 0.05) is 0 Å². The second-order valence-corrected chi connectivity index (χ2v) is 4.57. The van der Waals surface area contributed by atoms with Crippen LogP contribution in [0.4, 0.5) is 0 Å². The first-order valence-electron chi connectivity index (χ1n) is 5.68. The lowest BCUT2D eigenvalue weighted by Crippen LogP contribution is -1.77. The molecule has 0 fully saturated rings. The highest BCUT2D eigenvalue weighted by molar-refractivity contribution is 8.02. The van der Waals surface area contributed by atoms with E-state index >= 15 is 0 Å². The molecule has 13 heavy (non-hydrogen) atoms. The van der Waals surface area contributed by atoms with Gasteiger partial charge in [-0.2, -0.15) is 0 Å². The van der Waals surface area contributed by atoms with E-state index in [0.29, 0.717) is 0 Å². The van der Waals surface area contributed by atoms with E-state index in [1.165, 1.54) is 50.7 Å². The van der Waals surface area contributed by atoms with Crippen molar-refractivity contribution in [3.63, 3.8) is 0 Å². The van der Waals surface area contributed by atoms with Gasteiger partial charge in [0.25, 0.3) is 0 Å². The summed E-state index contributed by atoms with van der Waals surface area (Å²) in [4.78, 5) is 0.